The second-order valence-electron chi connectivity index (χ2n) is 5.87. The van der Waals surface area contributed by atoms with Crippen LogP contribution in [-0.4, -0.2) is 36.5 Å². The van der Waals surface area contributed by atoms with Crippen molar-refractivity contribution in [3.05, 3.63) is 34.6 Å². The lowest BCUT2D eigenvalue weighted by molar-refractivity contribution is 0.0653. The van der Waals surface area contributed by atoms with Crippen molar-refractivity contribution in [1.82, 2.24) is 10.2 Å². The normalized spacial score (nSPS) is 16.2. The summed E-state index contributed by atoms with van der Waals surface area (Å²) in [6, 6.07) is 4.26. The van der Waals surface area contributed by atoms with Gasteiger partial charge in [0.2, 0.25) is 0 Å². The van der Waals surface area contributed by atoms with Crippen molar-refractivity contribution < 1.29 is 9.18 Å². The first-order valence-electron chi connectivity index (χ1n) is 7.45. The first kappa shape index (κ1) is 16.2. The predicted molar refractivity (Wildman–Crippen MR) is 83.2 cm³/mol. The Morgan fingerprint density at radius 1 is 1.43 bits per heavy atom. The highest BCUT2D eigenvalue weighted by Gasteiger charge is 2.25. The number of nitrogens with one attached hydrogen (secondary N) is 1. The molecule has 0 aromatic heterocycles. The summed E-state index contributed by atoms with van der Waals surface area (Å²) >= 11 is 5.75. The van der Waals surface area contributed by atoms with Crippen molar-refractivity contribution >= 4 is 17.5 Å². The average Bonchev–Trinajstić information content (AvgIpc) is 2.45. The molecule has 2 rings (SSSR count). The Labute approximate surface area is 130 Å². The number of nitrogens with zero attached hydrogens (tertiary/aromatic N) is 1. The van der Waals surface area contributed by atoms with Gasteiger partial charge in [-0.05, 0) is 63.9 Å². The summed E-state index contributed by atoms with van der Waals surface area (Å²) in [7, 11) is 0. The van der Waals surface area contributed by atoms with Crippen LogP contribution in [0.1, 0.15) is 37.0 Å². The average molecular weight is 313 g/mol. The summed E-state index contributed by atoms with van der Waals surface area (Å²) in [6.45, 7) is 6.58. The van der Waals surface area contributed by atoms with E-state index in [1.807, 2.05) is 13.8 Å². The van der Waals surface area contributed by atoms with Crippen molar-refractivity contribution in [2.75, 3.05) is 19.6 Å². The molecule has 1 aliphatic heterocycles. The van der Waals surface area contributed by atoms with Gasteiger partial charge in [-0.15, -0.1) is 0 Å². The van der Waals surface area contributed by atoms with Gasteiger partial charge in [0.15, 0.2) is 0 Å². The van der Waals surface area contributed by atoms with Gasteiger partial charge in [-0.25, -0.2) is 4.39 Å². The SMILES string of the molecule is CC(C)N(CC1CCNCC1)C(=O)c1ccc(Cl)cc1F. The Morgan fingerprint density at radius 2 is 2.10 bits per heavy atom. The summed E-state index contributed by atoms with van der Waals surface area (Å²) in [6.07, 6.45) is 2.11. The van der Waals surface area contributed by atoms with Crippen molar-refractivity contribution in [2.45, 2.75) is 32.7 Å². The third kappa shape index (κ3) is 4.17. The molecule has 3 nitrogen and oxygen atoms in total. The highest BCUT2D eigenvalue weighted by atomic mass is 35.5. The van der Waals surface area contributed by atoms with Crippen LogP contribution < -0.4 is 5.32 Å². The summed E-state index contributed by atoms with van der Waals surface area (Å²) in [5.74, 6) is -0.325. The molecule has 1 N–H and O–H groups in total. The minimum absolute atomic E-state index is 0.0439. The molecule has 1 heterocycles. The molecule has 5 heteroatoms. The molecule has 21 heavy (non-hydrogen) atoms. The van der Waals surface area contributed by atoms with Gasteiger partial charge in [-0.2, -0.15) is 0 Å². The fourth-order valence-electron chi connectivity index (χ4n) is 2.69. The van der Waals surface area contributed by atoms with E-state index in [0.717, 1.165) is 25.9 Å². The van der Waals surface area contributed by atoms with Crippen LogP contribution in [0.4, 0.5) is 4.39 Å². The number of amides is 1. The maximum Gasteiger partial charge on any atom is 0.257 e. The second-order valence-corrected chi connectivity index (χ2v) is 6.31. The molecule has 1 saturated heterocycles. The summed E-state index contributed by atoms with van der Waals surface area (Å²) < 4.78 is 14.0. The number of hydrogen-bond acceptors (Lipinski definition) is 2. The van der Waals surface area contributed by atoms with Crippen molar-refractivity contribution in [3.63, 3.8) is 0 Å². The van der Waals surface area contributed by atoms with E-state index < -0.39 is 5.82 Å². The van der Waals surface area contributed by atoms with E-state index in [-0.39, 0.29) is 17.5 Å². The fraction of sp³-hybridized carbons (Fsp3) is 0.562. The standard InChI is InChI=1S/C16H22ClFN2O/c1-11(2)20(10-12-5-7-19-8-6-12)16(21)14-4-3-13(17)9-15(14)18/h3-4,9,11-12,19H,5-8,10H2,1-2H3. The van der Waals surface area contributed by atoms with Gasteiger partial charge < -0.3 is 10.2 Å². The summed E-state index contributed by atoms with van der Waals surface area (Å²) in [5, 5.41) is 3.62. The van der Waals surface area contributed by atoms with Crippen molar-refractivity contribution in [2.24, 2.45) is 5.92 Å². The van der Waals surface area contributed by atoms with Gasteiger partial charge in [0.1, 0.15) is 5.82 Å². The summed E-state index contributed by atoms with van der Waals surface area (Å²) in [5.41, 5.74) is 0.0991. The summed E-state index contributed by atoms with van der Waals surface area (Å²) in [4.78, 5) is 14.4. The molecule has 0 spiro atoms. The van der Waals surface area contributed by atoms with E-state index in [1.165, 1.54) is 12.1 Å². The second kappa shape index (κ2) is 7.23. The molecule has 1 aromatic carbocycles. The zero-order valence-corrected chi connectivity index (χ0v) is 13.3. The van der Waals surface area contributed by atoms with Crippen LogP contribution in [0, 0.1) is 11.7 Å². The third-order valence-electron chi connectivity index (χ3n) is 3.96. The van der Waals surface area contributed by atoms with Gasteiger partial charge >= 0.3 is 0 Å². The lowest BCUT2D eigenvalue weighted by Crippen LogP contribution is -2.43. The number of benzene rings is 1. The Balaban J connectivity index is 2.14. The van der Waals surface area contributed by atoms with Crippen molar-refractivity contribution in [3.8, 4) is 0 Å². The molecule has 1 fully saturated rings. The highest BCUT2D eigenvalue weighted by molar-refractivity contribution is 6.30. The molecule has 0 bridgehead atoms. The van der Waals surface area contributed by atoms with E-state index in [2.05, 4.69) is 5.32 Å². The lowest BCUT2D eigenvalue weighted by Gasteiger charge is -2.33. The van der Waals surface area contributed by atoms with Crippen LogP contribution in [0.15, 0.2) is 18.2 Å². The van der Waals surface area contributed by atoms with E-state index in [1.54, 1.807) is 11.0 Å². The fourth-order valence-corrected chi connectivity index (χ4v) is 2.85. The van der Waals surface area contributed by atoms with E-state index >= 15 is 0 Å². The molecule has 0 radical (unpaired) electrons. The Hall–Kier alpha value is -1.13. The van der Waals surface area contributed by atoms with E-state index in [4.69, 9.17) is 11.6 Å². The van der Waals surface area contributed by atoms with E-state index in [0.29, 0.717) is 17.5 Å². The first-order valence-corrected chi connectivity index (χ1v) is 7.83. The molecule has 116 valence electrons. The van der Waals surface area contributed by atoms with Gasteiger partial charge in [0.05, 0.1) is 5.56 Å². The largest absolute Gasteiger partial charge is 0.336 e. The Bertz CT molecular complexity index is 501. The number of hydrogen-bond donors (Lipinski definition) is 1. The molecular weight excluding hydrogens is 291 g/mol. The lowest BCUT2D eigenvalue weighted by atomic mass is 9.96. The molecule has 1 aromatic rings. The topological polar surface area (TPSA) is 32.3 Å². The Kier molecular flexibility index (Phi) is 5.59. The Morgan fingerprint density at radius 3 is 2.67 bits per heavy atom. The predicted octanol–water partition coefficient (Wildman–Crippen LogP) is 3.33. The smallest absolute Gasteiger partial charge is 0.257 e. The number of halogens is 2. The third-order valence-corrected chi connectivity index (χ3v) is 4.19. The monoisotopic (exact) mass is 312 g/mol. The maximum absolute atomic E-state index is 14.0. The molecule has 0 atom stereocenters. The van der Waals surface area contributed by atoms with Crippen LogP contribution in [0.25, 0.3) is 0 Å². The molecule has 0 unspecified atom stereocenters. The van der Waals surface area contributed by atoms with Crippen LogP contribution in [0.3, 0.4) is 0 Å². The number of piperidine rings is 1. The number of carbonyl (C=O) groups is 1. The van der Waals surface area contributed by atoms with Crippen LogP contribution in [0.2, 0.25) is 5.02 Å². The number of rotatable bonds is 4. The van der Waals surface area contributed by atoms with Gasteiger partial charge in [-0.1, -0.05) is 11.6 Å². The highest BCUT2D eigenvalue weighted by Crippen LogP contribution is 2.20. The first-order chi connectivity index (χ1) is 9.99. The molecule has 1 amide bonds. The minimum Gasteiger partial charge on any atom is -0.336 e. The van der Waals surface area contributed by atoms with Crippen LogP contribution in [-0.2, 0) is 0 Å². The molecular formula is C16H22ClFN2O. The molecule has 0 aliphatic carbocycles. The van der Waals surface area contributed by atoms with Gasteiger partial charge in [0, 0.05) is 17.6 Å². The van der Waals surface area contributed by atoms with Crippen LogP contribution >= 0.6 is 11.6 Å². The molecule has 1 aliphatic rings. The zero-order valence-electron chi connectivity index (χ0n) is 12.5. The zero-order chi connectivity index (χ0) is 15.4. The molecule has 0 saturated carbocycles. The van der Waals surface area contributed by atoms with Crippen molar-refractivity contribution in [1.29, 1.82) is 0 Å². The quantitative estimate of drug-likeness (QED) is 0.925. The van der Waals surface area contributed by atoms with Gasteiger partial charge in [-0.3, -0.25) is 4.79 Å². The maximum atomic E-state index is 14.0. The van der Waals surface area contributed by atoms with E-state index in [9.17, 15) is 9.18 Å². The van der Waals surface area contributed by atoms with Crippen LogP contribution in [0.5, 0.6) is 0 Å². The number of carbonyl (C=O) groups excluding carboxylic acids is 1. The van der Waals surface area contributed by atoms with Gasteiger partial charge in [0.25, 0.3) is 5.91 Å². The minimum atomic E-state index is -0.552.